The minimum absolute atomic E-state index is 0.880. The summed E-state index contributed by atoms with van der Waals surface area (Å²) in [5.41, 5.74) is 3.06. The molecule has 86 valence electrons. The minimum Gasteiger partial charge on any atom is -0.478 e. The summed E-state index contributed by atoms with van der Waals surface area (Å²) >= 11 is 1.59. The number of carboxylic acid groups (broad SMARTS) is 1. The van der Waals surface area contributed by atoms with Gasteiger partial charge in [0, 0.05) is 23.2 Å². The van der Waals surface area contributed by atoms with Crippen molar-refractivity contribution in [1.29, 1.82) is 0 Å². The second kappa shape index (κ2) is 4.93. The van der Waals surface area contributed by atoms with Gasteiger partial charge in [-0.1, -0.05) is 18.2 Å². The number of thiazole rings is 1. The highest BCUT2D eigenvalue weighted by molar-refractivity contribution is 7.13. The first kappa shape index (κ1) is 11.5. The summed E-state index contributed by atoms with van der Waals surface area (Å²) in [7, 11) is 0. The molecule has 2 rings (SSSR count). The fourth-order valence-electron chi connectivity index (χ4n) is 1.55. The van der Waals surface area contributed by atoms with E-state index in [1.807, 2.05) is 30.5 Å². The van der Waals surface area contributed by atoms with Crippen LogP contribution >= 0.6 is 11.3 Å². The van der Waals surface area contributed by atoms with E-state index in [4.69, 9.17) is 5.11 Å². The quantitative estimate of drug-likeness (QED) is 0.845. The highest BCUT2D eigenvalue weighted by Crippen LogP contribution is 2.26. The van der Waals surface area contributed by atoms with Crippen LogP contribution in [0.3, 0.4) is 0 Å². The van der Waals surface area contributed by atoms with E-state index in [1.54, 1.807) is 23.6 Å². The van der Waals surface area contributed by atoms with Crippen molar-refractivity contribution in [1.82, 2.24) is 4.98 Å². The van der Waals surface area contributed by atoms with E-state index < -0.39 is 5.97 Å². The molecule has 3 nitrogen and oxygen atoms in total. The number of hydrogen-bond donors (Lipinski definition) is 1. The Morgan fingerprint density at radius 2 is 2.29 bits per heavy atom. The zero-order valence-electron chi connectivity index (χ0n) is 9.25. The van der Waals surface area contributed by atoms with Crippen LogP contribution in [0, 0.1) is 6.92 Å². The molecule has 0 aliphatic heterocycles. The maximum atomic E-state index is 10.4. The van der Waals surface area contributed by atoms with Gasteiger partial charge in [-0.25, -0.2) is 9.78 Å². The lowest BCUT2D eigenvalue weighted by molar-refractivity contribution is -0.131. The van der Waals surface area contributed by atoms with Crippen molar-refractivity contribution < 1.29 is 9.90 Å². The Morgan fingerprint density at radius 1 is 1.47 bits per heavy atom. The molecule has 0 unspecified atom stereocenters. The van der Waals surface area contributed by atoms with Gasteiger partial charge in [-0.05, 0) is 24.1 Å². The van der Waals surface area contributed by atoms with Crippen molar-refractivity contribution in [2.75, 3.05) is 0 Å². The summed E-state index contributed by atoms with van der Waals surface area (Å²) in [5, 5.41) is 11.5. The predicted octanol–water partition coefficient (Wildman–Crippen LogP) is 3.22. The lowest BCUT2D eigenvalue weighted by atomic mass is 10.1. The van der Waals surface area contributed by atoms with Crippen LogP contribution in [-0.4, -0.2) is 16.1 Å². The first-order valence-electron chi connectivity index (χ1n) is 5.08. The van der Waals surface area contributed by atoms with Gasteiger partial charge in [-0.15, -0.1) is 11.3 Å². The van der Waals surface area contributed by atoms with Crippen molar-refractivity contribution in [2.24, 2.45) is 0 Å². The summed E-state index contributed by atoms with van der Waals surface area (Å²) in [6.45, 7) is 1.99. The number of aliphatic carboxylic acids is 1. The topological polar surface area (TPSA) is 50.2 Å². The molecule has 0 saturated heterocycles. The van der Waals surface area contributed by atoms with Crippen molar-refractivity contribution in [3.63, 3.8) is 0 Å². The Hall–Kier alpha value is -1.94. The van der Waals surface area contributed by atoms with E-state index in [9.17, 15) is 4.79 Å². The van der Waals surface area contributed by atoms with Crippen molar-refractivity contribution in [3.8, 4) is 10.6 Å². The van der Waals surface area contributed by atoms with Crippen LogP contribution in [0.1, 0.15) is 11.1 Å². The molecule has 0 spiro atoms. The SMILES string of the molecule is Cc1cc(C=CC(=O)O)ccc1-c1nccs1. The summed E-state index contributed by atoms with van der Waals surface area (Å²) < 4.78 is 0. The molecule has 1 N–H and O–H groups in total. The van der Waals surface area contributed by atoms with Gasteiger partial charge in [0.05, 0.1) is 0 Å². The molecule has 2 aromatic rings. The molecule has 1 heterocycles. The molecule has 1 aromatic heterocycles. The standard InChI is InChI=1S/C13H11NO2S/c1-9-8-10(3-5-12(15)16)2-4-11(9)13-14-6-7-17-13/h2-8H,1H3,(H,15,16). The molecule has 0 atom stereocenters. The predicted molar refractivity (Wildman–Crippen MR) is 69.0 cm³/mol. The Balaban J connectivity index is 2.32. The zero-order chi connectivity index (χ0) is 12.3. The first-order valence-corrected chi connectivity index (χ1v) is 5.96. The molecule has 0 amide bonds. The van der Waals surface area contributed by atoms with Gasteiger partial charge in [0.1, 0.15) is 5.01 Å². The third kappa shape index (κ3) is 2.79. The smallest absolute Gasteiger partial charge is 0.328 e. The molecule has 0 bridgehead atoms. The third-order valence-electron chi connectivity index (χ3n) is 2.33. The average molecular weight is 245 g/mol. The molecular weight excluding hydrogens is 234 g/mol. The Morgan fingerprint density at radius 3 is 2.88 bits per heavy atom. The highest BCUT2D eigenvalue weighted by Gasteiger charge is 2.04. The van der Waals surface area contributed by atoms with Crippen molar-refractivity contribution in [2.45, 2.75) is 6.92 Å². The van der Waals surface area contributed by atoms with Crippen LogP contribution in [0.15, 0.2) is 35.9 Å². The van der Waals surface area contributed by atoms with Gasteiger partial charge in [0.25, 0.3) is 0 Å². The van der Waals surface area contributed by atoms with Gasteiger partial charge in [-0.3, -0.25) is 0 Å². The minimum atomic E-state index is -0.938. The van der Waals surface area contributed by atoms with Crippen LogP contribution in [0.4, 0.5) is 0 Å². The monoisotopic (exact) mass is 245 g/mol. The van der Waals surface area contributed by atoms with Crippen LogP contribution in [0.5, 0.6) is 0 Å². The van der Waals surface area contributed by atoms with Crippen LogP contribution in [0.25, 0.3) is 16.6 Å². The van der Waals surface area contributed by atoms with Crippen molar-refractivity contribution >= 4 is 23.4 Å². The number of benzene rings is 1. The van der Waals surface area contributed by atoms with Crippen molar-refractivity contribution in [3.05, 3.63) is 47.0 Å². The van der Waals surface area contributed by atoms with E-state index in [0.717, 1.165) is 27.8 Å². The molecule has 17 heavy (non-hydrogen) atoms. The number of aromatic nitrogens is 1. The maximum absolute atomic E-state index is 10.4. The number of rotatable bonds is 3. The normalized spacial score (nSPS) is 10.9. The van der Waals surface area contributed by atoms with E-state index in [2.05, 4.69) is 4.98 Å². The Bertz CT molecular complexity index is 559. The first-order chi connectivity index (χ1) is 8.16. The fourth-order valence-corrected chi connectivity index (χ4v) is 2.28. The maximum Gasteiger partial charge on any atom is 0.328 e. The second-order valence-electron chi connectivity index (χ2n) is 3.58. The molecule has 0 fully saturated rings. The van der Waals surface area contributed by atoms with E-state index in [1.165, 1.54) is 0 Å². The van der Waals surface area contributed by atoms with Gasteiger partial charge < -0.3 is 5.11 Å². The fraction of sp³-hybridized carbons (Fsp3) is 0.0769. The average Bonchev–Trinajstić information content (AvgIpc) is 2.79. The lowest BCUT2D eigenvalue weighted by Crippen LogP contribution is -1.87. The number of hydrogen-bond acceptors (Lipinski definition) is 3. The molecule has 0 aliphatic rings. The molecule has 0 saturated carbocycles. The number of carbonyl (C=O) groups is 1. The van der Waals surface area contributed by atoms with Crippen LogP contribution < -0.4 is 0 Å². The van der Waals surface area contributed by atoms with Gasteiger partial charge in [0.15, 0.2) is 0 Å². The molecule has 0 aliphatic carbocycles. The van der Waals surface area contributed by atoms with Crippen LogP contribution in [0.2, 0.25) is 0 Å². The van der Waals surface area contributed by atoms with E-state index >= 15 is 0 Å². The molecule has 0 radical (unpaired) electrons. The summed E-state index contributed by atoms with van der Waals surface area (Å²) in [6.07, 6.45) is 4.50. The Labute approximate surface area is 103 Å². The van der Waals surface area contributed by atoms with E-state index in [-0.39, 0.29) is 0 Å². The van der Waals surface area contributed by atoms with Crippen LogP contribution in [-0.2, 0) is 4.79 Å². The number of carboxylic acids is 1. The summed E-state index contributed by atoms with van der Waals surface area (Å²) in [6, 6.07) is 5.81. The zero-order valence-corrected chi connectivity index (χ0v) is 10.1. The van der Waals surface area contributed by atoms with E-state index in [0.29, 0.717) is 0 Å². The highest BCUT2D eigenvalue weighted by atomic mass is 32.1. The molecule has 1 aromatic carbocycles. The summed E-state index contributed by atoms with van der Waals surface area (Å²) in [4.78, 5) is 14.7. The number of nitrogens with zero attached hydrogens (tertiary/aromatic N) is 1. The summed E-state index contributed by atoms with van der Waals surface area (Å²) in [5.74, 6) is -0.938. The van der Waals surface area contributed by atoms with Gasteiger partial charge >= 0.3 is 5.97 Å². The Kier molecular flexibility index (Phi) is 3.35. The third-order valence-corrected chi connectivity index (χ3v) is 3.14. The largest absolute Gasteiger partial charge is 0.478 e. The lowest BCUT2D eigenvalue weighted by Gasteiger charge is -2.03. The number of aryl methyl sites for hydroxylation is 1. The molecular formula is C13H11NO2S. The second-order valence-corrected chi connectivity index (χ2v) is 4.48. The van der Waals surface area contributed by atoms with Gasteiger partial charge in [-0.2, -0.15) is 0 Å². The molecule has 4 heteroatoms. The van der Waals surface area contributed by atoms with Gasteiger partial charge in [0.2, 0.25) is 0 Å².